The molecule has 3 heterocycles. The van der Waals surface area contributed by atoms with E-state index in [1.54, 1.807) is 29.2 Å². The summed E-state index contributed by atoms with van der Waals surface area (Å²) in [7, 11) is 1.93. The van der Waals surface area contributed by atoms with E-state index in [0.717, 1.165) is 22.4 Å². The molecular weight excluding hydrogens is 871 g/mol. The molecule has 0 unspecified atom stereocenters. The zero-order valence-corrected chi connectivity index (χ0v) is 26.6. The number of rotatable bonds is 5. The second kappa shape index (κ2) is 15.1. The van der Waals surface area contributed by atoms with Crippen LogP contribution in [-0.2, 0) is 42.1 Å². The molecule has 5 aromatic rings. The molecule has 0 bridgehead atoms. The number of hydrogen-bond acceptors (Lipinski definition) is 2. The van der Waals surface area contributed by atoms with Crippen LogP contribution in [0.25, 0.3) is 22.4 Å². The first kappa shape index (κ1) is 31.5. The summed E-state index contributed by atoms with van der Waals surface area (Å²) in [6.07, 6.45) is 15.7. The van der Waals surface area contributed by atoms with Crippen molar-refractivity contribution in [1.29, 1.82) is 0 Å². The van der Waals surface area contributed by atoms with Crippen LogP contribution in [0.4, 0.5) is 5.69 Å². The summed E-state index contributed by atoms with van der Waals surface area (Å²) in [5, 5.41) is 0. The maximum absolute atomic E-state index is 6.57. The molecule has 3 aromatic carbocycles. The van der Waals surface area contributed by atoms with Crippen LogP contribution in [0.1, 0.15) is 5.56 Å². The summed E-state index contributed by atoms with van der Waals surface area (Å²) in [4.78, 5) is 4.45. The first-order chi connectivity index (χ1) is 19.1. The Bertz CT molecular complexity index is 1750. The van der Waals surface area contributed by atoms with Gasteiger partial charge < -0.3 is 32.3 Å². The smallest absolute Gasteiger partial charge is 0.669 e. The Morgan fingerprint density at radius 3 is 2.44 bits per heavy atom. The third kappa shape index (κ3) is 8.47. The van der Waals surface area contributed by atoms with E-state index in [9.17, 15) is 0 Å². The van der Waals surface area contributed by atoms with E-state index in [1.807, 2.05) is 96.2 Å². The third-order valence-electron chi connectivity index (χ3n) is 5.54. The Kier molecular flexibility index (Phi) is 11.6. The molecule has 6 rings (SSSR count). The van der Waals surface area contributed by atoms with Gasteiger partial charge in [-0.3, -0.25) is 12.1 Å². The summed E-state index contributed by atoms with van der Waals surface area (Å²) in [6.45, 7) is 2.02. The van der Waals surface area contributed by atoms with E-state index in [2.05, 4.69) is 47.4 Å². The molecule has 7 heteroatoms. The summed E-state index contributed by atoms with van der Waals surface area (Å²) < 4.78 is 11.4. The zero-order chi connectivity index (χ0) is 27.0. The molecule has 0 radical (unpaired) electrons. The number of hydrogen-bond donors (Lipinski definition) is 0. The number of aryl methyl sites for hydroxylation is 1. The molecule has 0 spiro atoms. The van der Waals surface area contributed by atoms with Crippen molar-refractivity contribution in [3.8, 4) is 39.9 Å². The van der Waals surface area contributed by atoms with Gasteiger partial charge in [-0.2, -0.15) is 47.7 Å². The van der Waals surface area contributed by atoms with Gasteiger partial charge in [0.2, 0.25) is 6.20 Å². The average molecular weight is 893 g/mol. The summed E-state index contributed by atoms with van der Waals surface area (Å²) >= 11 is 0. The minimum Gasteiger partial charge on any atom is -0.669 e. The molecule has 5 nitrogen and oxygen atoms in total. The molecule has 41 heavy (non-hydrogen) atoms. The number of nitrogens with zero attached hydrogens (tertiary/aromatic N) is 4. The molecule has 2 aromatic heterocycles. The van der Waals surface area contributed by atoms with Crippen molar-refractivity contribution in [3.05, 3.63) is 140 Å². The summed E-state index contributed by atoms with van der Waals surface area (Å²) in [5.74, 6) is 1.16. The van der Waals surface area contributed by atoms with Gasteiger partial charge in [0.05, 0.1) is 0 Å². The quantitative estimate of drug-likeness (QED) is 0.117. The normalized spacial score (nSPS) is 11.0. The zero-order valence-electron chi connectivity index (χ0n) is 22.1. The van der Waals surface area contributed by atoms with Crippen LogP contribution in [0, 0.1) is 49.7 Å². The molecule has 202 valence electrons. The number of aromatic nitrogens is 2. The van der Waals surface area contributed by atoms with Gasteiger partial charge in [0, 0.05) is 18.1 Å². The molecule has 0 amide bonds. The van der Waals surface area contributed by atoms with Gasteiger partial charge in [-0.25, -0.2) is 23.2 Å². The Morgan fingerprint density at radius 1 is 0.927 bits per heavy atom. The van der Waals surface area contributed by atoms with Gasteiger partial charge in [-0.05, 0) is 18.3 Å². The van der Waals surface area contributed by atoms with Crippen LogP contribution >= 0.6 is 0 Å². The standard InChI is InChI=1S/C28H18N3O.C6H4N.2Pt/c1-21-15-25(31-14-13-30(2)20-31)19-27(16-21)32-26-10-6-9-24(17-26)28-18-23(11-12-29-28)22-7-4-3-5-8-22;1-2-7-5-3-4-6-7;;/h3-7,10-16H,1-2H3;3-6H;;/q-3;-1;+2;+4. The fourth-order valence-electron chi connectivity index (χ4n) is 3.73. The maximum atomic E-state index is 6.57. The van der Waals surface area contributed by atoms with Gasteiger partial charge in [-0.15, -0.1) is 12.1 Å². The summed E-state index contributed by atoms with van der Waals surface area (Å²) in [6, 6.07) is 42.6. The van der Waals surface area contributed by atoms with Crippen molar-refractivity contribution in [2.24, 2.45) is 0 Å². The topological polar surface area (TPSA) is 33.1 Å². The van der Waals surface area contributed by atoms with E-state index in [0.29, 0.717) is 22.8 Å². The number of benzene rings is 3. The van der Waals surface area contributed by atoms with Gasteiger partial charge in [0.1, 0.15) is 5.69 Å². The van der Waals surface area contributed by atoms with Crippen LogP contribution in [0.15, 0.2) is 97.7 Å². The average Bonchev–Trinajstić information content (AvgIpc) is 3.66. The van der Waals surface area contributed by atoms with E-state index < -0.39 is 0 Å². The minimum atomic E-state index is 0. The third-order valence-corrected chi connectivity index (χ3v) is 5.54. The van der Waals surface area contributed by atoms with Crippen molar-refractivity contribution < 1.29 is 56.0 Å². The van der Waals surface area contributed by atoms with Crippen molar-refractivity contribution >= 4 is 11.7 Å². The number of pyridine rings is 1. The summed E-state index contributed by atoms with van der Waals surface area (Å²) in [5.41, 5.74) is 5.11. The van der Waals surface area contributed by atoms with Crippen LogP contribution in [-0.4, -0.2) is 31.8 Å². The van der Waals surface area contributed by atoms with E-state index >= 15 is 0 Å². The second-order valence-electron chi connectivity index (χ2n) is 8.54. The Labute approximate surface area is 269 Å². The van der Waals surface area contributed by atoms with E-state index in [-0.39, 0.29) is 42.1 Å². The second-order valence-corrected chi connectivity index (χ2v) is 8.54. The molecule has 0 atom stereocenters. The molecule has 0 saturated carbocycles. The molecule has 0 fully saturated rings. The van der Waals surface area contributed by atoms with Crippen LogP contribution in [0.3, 0.4) is 0 Å². The molecular formula is C34H22N4OPt2+2. The maximum Gasteiger partial charge on any atom is 4.00 e. The SMILES string of the molecule is Cc1cc(Oc2[c-]c(-c3[c-]c(-c4[c-]cccc4)ccn3)[c-]cc2)[c-]c([N+]2=C=[N+](C)C=C2)c1.[C-]#Cn1cccc1.[Pt+2].[Pt+4]. The predicted octanol–water partition coefficient (Wildman–Crippen LogP) is 6.34. The van der Waals surface area contributed by atoms with Crippen LogP contribution < -0.4 is 4.74 Å². The predicted molar refractivity (Wildman–Crippen MR) is 148 cm³/mol. The van der Waals surface area contributed by atoms with Crippen LogP contribution in [0.5, 0.6) is 11.5 Å². The van der Waals surface area contributed by atoms with Crippen molar-refractivity contribution in [2.75, 3.05) is 7.05 Å². The monoisotopic (exact) mass is 892 g/mol. The van der Waals surface area contributed by atoms with Gasteiger partial charge in [0.15, 0.2) is 7.05 Å². The molecule has 1 aliphatic heterocycles. The molecule has 1 aliphatic rings. The fourth-order valence-corrected chi connectivity index (χ4v) is 3.73. The molecule has 0 saturated heterocycles. The first-order valence-electron chi connectivity index (χ1n) is 12.1. The van der Waals surface area contributed by atoms with Gasteiger partial charge in [0.25, 0.3) is 6.20 Å². The number of ether oxygens (including phenoxy) is 1. The van der Waals surface area contributed by atoms with Crippen molar-refractivity contribution in [1.82, 2.24) is 9.55 Å². The Morgan fingerprint density at radius 2 is 1.76 bits per heavy atom. The van der Waals surface area contributed by atoms with Gasteiger partial charge in [-0.1, -0.05) is 34.0 Å². The Balaban J connectivity index is 0.000000452. The molecule has 0 aliphatic carbocycles. The largest absolute Gasteiger partial charge is 4.00 e. The minimum absolute atomic E-state index is 0. The fraction of sp³-hybridized carbons (Fsp3) is 0.0588. The van der Waals surface area contributed by atoms with Gasteiger partial charge >= 0.3 is 48.1 Å². The Hall–Kier alpha value is -4.05. The van der Waals surface area contributed by atoms with E-state index in [1.165, 1.54) is 0 Å². The van der Waals surface area contributed by atoms with Crippen LogP contribution in [0.2, 0.25) is 0 Å². The van der Waals surface area contributed by atoms with Crippen molar-refractivity contribution in [3.63, 3.8) is 0 Å². The molecule has 0 N–H and O–H groups in total. The van der Waals surface area contributed by atoms with E-state index in [4.69, 9.17) is 11.2 Å². The first-order valence-corrected chi connectivity index (χ1v) is 12.1. The van der Waals surface area contributed by atoms with Crippen molar-refractivity contribution in [2.45, 2.75) is 6.92 Å².